The van der Waals surface area contributed by atoms with Crippen LogP contribution in [0.15, 0.2) is 53.8 Å². The Hall–Kier alpha value is -3.02. The SMILES string of the molecule is Cc1cccnc1NC(=O)CCC(=O)N1CCC(c2ccccc2)=N1. The van der Waals surface area contributed by atoms with Crippen molar-refractivity contribution in [3.8, 4) is 0 Å². The van der Waals surface area contributed by atoms with Gasteiger partial charge in [-0.1, -0.05) is 36.4 Å². The highest BCUT2D eigenvalue weighted by molar-refractivity contribution is 6.02. The minimum absolute atomic E-state index is 0.113. The summed E-state index contributed by atoms with van der Waals surface area (Å²) in [6.45, 7) is 2.43. The molecule has 6 nitrogen and oxygen atoms in total. The Balaban J connectivity index is 1.52. The van der Waals surface area contributed by atoms with Crippen LogP contribution in [-0.2, 0) is 9.59 Å². The Labute approximate surface area is 146 Å². The summed E-state index contributed by atoms with van der Waals surface area (Å²) in [5, 5.41) is 8.58. The molecule has 0 saturated carbocycles. The monoisotopic (exact) mass is 336 g/mol. The molecule has 0 spiro atoms. The minimum Gasteiger partial charge on any atom is -0.310 e. The summed E-state index contributed by atoms with van der Waals surface area (Å²) in [5.41, 5.74) is 2.82. The van der Waals surface area contributed by atoms with Gasteiger partial charge in [-0.3, -0.25) is 9.59 Å². The molecule has 0 radical (unpaired) electrons. The molecule has 6 heteroatoms. The Morgan fingerprint density at radius 2 is 1.92 bits per heavy atom. The quantitative estimate of drug-likeness (QED) is 0.912. The summed E-state index contributed by atoms with van der Waals surface area (Å²) in [6.07, 6.45) is 2.59. The van der Waals surface area contributed by atoms with Crippen LogP contribution < -0.4 is 5.32 Å². The standard InChI is InChI=1S/C19H20N4O2/c1-14-6-5-12-20-19(14)21-17(24)9-10-18(25)23-13-11-16(22-23)15-7-3-2-4-8-15/h2-8,12H,9-11,13H2,1H3,(H,20,21,24). The molecule has 0 saturated heterocycles. The number of amides is 2. The zero-order valence-electron chi connectivity index (χ0n) is 14.1. The first kappa shape index (κ1) is 16.8. The van der Waals surface area contributed by atoms with E-state index in [0.29, 0.717) is 12.4 Å². The molecular formula is C19H20N4O2. The van der Waals surface area contributed by atoms with Gasteiger partial charge < -0.3 is 5.32 Å². The van der Waals surface area contributed by atoms with Crippen molar-refractivity contribution in [3.05, 3.63) is 59.8 Å². The van der Waals surface area contributed by atoms with E-state index in [2.05, 4.69) is 15.4 Å². The number of nitrogens with zero attached hydrogens (tertiary/aromatic N) is 3. The summed E-state index contributed by atoms with van der Waals surface area (Å²) in [5.74, 6) is 0.172. The van der Waals surface area contributed by atoms with Crippen molar-refractivity contribution in [1.29, 1.82) is 0 Å². The van der Waals surface area contributed by atoms with Crippen LogP contribution in [0.3, 0.4) is 0 Å². The summed E-state index contributed by atoms with van der Waals surface area (Å²) in [6, 6.07) is 13.5. The van der Waals surface area contributed by atoms with Crippen LogP contribution in [0.25, 0.3) is 0 Å². The lowest BCUT2D eigenvalue weighted by atomic mass is 10.1. The fraction of sp³-hybridized carbons (Fsp3) is 0.263. The molecule has 2 amide bonds. The molecule has 0 atom stereocenters. The van der Waals surface area contributed by atoms with Crippen LogP contribution in [0.1, 0.15) is 30.4 Å². The van der Waals surface area contributed by atoms with Crippen LogP contribution in [0.2, 0.25) is 0 Å². The van der Waals surface area contributed by atoms with E-state index in [9.17, 15) is 9.59 Å². The third kappa shape index (κ3) is 4.29. The minimum atomic E-state index is -0.221. The molecule has 1 aliphatic rings. The van der Waals surface area contributed by atoms with Crippen molar-refractivity contribution < 1.29 is 9.59 Å². The second kappa shape index (κ2) is 7.70. The Morgan fingerprint density at radius 3 is 2.68 bits per heavy atom. The summed E-state index contributed by atoms with van der Waals surface area (Å²) < 4.78 is 0. The van der Waals surface area contributed by atoms with Gasteiger partial charge >= 0.3 is 0 Å². The fourth-order valence-corrected chi connectivity index (χ4v) is 2.63. The Morgan fingerprint density at radius 1 is 1.12 bits per heavy atom. The average Bonchev–Trinajstić information content (AvgIpc) is 3.13. The van der Waals surface area contributed by atoms with Crippen LogP contribution in [0.4, 0.5) is 5.82 Å². The maximum Gasteiger partial charge on any atom is 0.243 e. The van der Waals surface area contributed by atoms with Crippen molar-refractivity contribution in [2.75, 3.05) is 11.9 Å². The smallest absolute Gasteiger partial charge is 0.243 e. The number of carbonyl (C=O) groups excluding carboxylic acids is 2. The van der Waals surface area contributed by atoms with Gasteiger partial charge in [0.25, 0.3) is 0 Å². The first-order chi connectivity index (χ1) is 12.1. The Bertz CT molecular complexity index is 802. The molecule has 2 heterocycles. The largest absolute Gasteiger partial charge is 0.310 e. The van der Waals surface area contributed by atoms with Crippen molar-refractivity contribution in [2.24, 2.45) is 5.10 Å². The van der Waals surface area contributed by atoms with E-state index in [1.54, 1.807) is 6.20 Å². The molecule has 128 valence electrons. The van der Waals surface area contributed by atoms with Gasteiger partial charge in [-0.05, 0) is 24.1 Å². The predicted octanol–water partition coefficient (Wildman–Crippen LogP) is 2.75. The van der Waals surface area contributed by atoms with E-state index < -0.39 is 0 Å². The second-order valence-corrected chi connectivity index (χ2v) is 5.90. The van der Waals surface area contributed by atoms with Crippen LogP contribution >= 0.6 is 0 Å². The van der Waals surface area contributed by atoms with E-state index in [0.717, 1.165) is 23.3 Å². The molecule has 1 aliphatic heterocycles. The predicted molar refractivity (Wildman–Crippen MR) is 96.1 cm³/mol. The highest BCUT2D eigenvalue weighted by Crippen LogP contribution is 2.15. The number of hydrogen-bond acceptors (Lipinski definition) is 4. The fourth-order valence-electron chi connectivity index (χ4n) is 2.63. The van der Waals surface area contributed by atoms with Gasteiger partial charge in [0, 0.05) is 25.5 Å². The number of nitrogens with one attached hydrogen (secondary N) is 1. The molecule has 0 bridgehead atoms. The number of hydrazone groups is 1. The molecule has 0 aliphatic carbocycles. The van der Waals surface area contributed by atoms with Crippen molar-refractivity contribution in [3.63, 3.8) is 0 Å². The lowest BCUT2D eigenvalue weighted by molar-refractivity contribution is -0.132. The van der Waals surface area contributed by atoms with E-state index in [4.69, 9.17) is 0 Å². The maximum absolute atomic E-state index is 12.3. The Kier molecular flexibility index (Phi) is 5.18. The van der Waals surface area contributed by atoms with Gasteiger partial charge in [-0.2, -0.15) is 5.10 Å². The highest BCUT2D eigenvalue weighted by Gasteiger charge is 2.22. The molecule has 2 aromatic rings. The molecule has 0 fully saturated rings. The molecule has 1 aromatic heterocycles. The zero-order valence-corrected chi connectivity index (χ0v) is 14.1. The van der Waals surface area contributed by atoms with Crippen LogP contribution in [0, 0.1) is 6.92 Å². The normalized spacial score (nSPS) is 13.5. The second-order valence-electron chi connectivity index (χ2n) is 5.90. The maximum atomic E-state index is 12.3. The van der Waals surface area contributed by atoms with Crippen LogP contribution in [0.5, 0.6) is 0 Å². The number of carbonyl (C=O) groups is 2. The van der Waals surface area contributed by atoms with E-state index in [-0.39, 0.29) is 24.7 Å². The lowest BCUT2D eigenvalue weighted by Crippen LogP contribution is -2.25. The van der Waals surface area contributed by atoms with Gasteiger partial charge in [-0.15, -0.1) is 0 Å². The summed E-state index contributed by atoms with van der Waals surface area (Å²) >= 11 is 0. The molecular weight excluding hydrogens is 316 g/mol. The van der Waals surface area contributed by atoms with Crippen molar-refractivity contribution in [2.45, 2.75) is 26.2 Å². The first-order valence-corrected chi connectivity index (χ1v) is 8.28. The lowest BCUT2D eigenvalue weighted by Gasteiger charge is -2.11. The third-order valence-electron chi connectivity index (χ3n) is 4.03. The average molecular weight is 336 g/mol. The highest BCUT2D eigenvalue weighted by atomic mass is 16.2. The summed E-state index contributed by atoms with van der Waals surface area (Å²) in [7, 11) is 0. The molecule has 1 N–H and O–H groups in total. The molecule has 0 unspecified atom stereocenters. The number of anilines is 1. The summed E-state index contributed by atoms with van der Waals surface area (Å²) in [4.78, 5) is 28.4. The van der Waals surface area contributed by atoms with Gasteiger partial charge in [0.2, 0.25) is 11.8 Å². The van der Waals surface area contributed by atoms with Crippen LogP contribution in [-0.4, -0.2) is 34.1 Å². The molecule has 1 aromatic carbocycles. The van der Waals surface area contributed by atoms with E-state index >= 15 is 0 Å². The number of aryl methyl sites for hydroxylation is 1. The van der Waals surface area contributed by atoms with Gasteiger partial charge in [0.15, 0.2) is 0 Å². The van der Waals surface area contributed by atoms with Gasteiger partial charge in [-0.25, -0.2) is 9.99 Å². The zero-order chi connectivity index (χ0) is 17.6. The molecule has 25 heavy (non-hydrogen) atoms. The van der Waals surface area contributed by atoms with E-state index in [1.165, 1.54) is 5.01 Å². The molecule has 3 rings (SSSR count). The first-order valence-electron chi connectivity index (χ1n) is 8.28. The third-order valence-corrected chi connectivity index (χ3v) is 4.03. The van der Waals surface area contributed by atoms with Crippen molar-refractivity contribution >= 4 is 23.3 Å². The number of pyridine rings is 1. The number of rotatable bonds is 5. The number of hydrogen-bond donors (Lipinski definition) is 1. The van der Waals surface area contributed by atoms with Crippen molar-refractivity contribution in [1.82, 2.24) is 9.99 Å². The number of aromatic nitrogens is 1. The van der Waals surface area contributed by atoms with Gasteiger partial charge in [0.1, 0.15) is 5.82 Å². The number of benzene rings is 1. The topological polar surface area (TPSA) is 74.7 Å². The van der Waals surface area contributed by atoms with E-state index in [1.807, 2.05) is 49.4 Å². The van der Waals surface area contributed by atoms with Gasteiger partial charge in [0.05, 0.1) is 12.3 Å².